The summed E-state index contributed by atoms with van der Waals surface area (Å²) in [5, 5.41) is -0.562. The van der Waals surface area contributed by atoms with Crippen LogP contribution in [-0.2, 0) is 10.0 Å². The lowest BCUT2D eigenvalue weighted by Crippen LogP contribution is -2.13. The van der Waals surface area contributed by atoms with Gasteiger partial charge in [-0.05, 0) is 24.6 Å². The van der Waals surface area contributed by atoms with Crippen LogP contribution in [0.3, 0.4) is 0 Å². The summed E-state index contributed by atoms with van der Waals surface area (Å²) in [7, 11) is -3.58. The second kappa shape index (κ2) is 6.93. The van der Waals surface area contributed by atoms with Gasteiger partial charge in [0.1, 0.15) is 11.6 Å². The Balaban J connectivity index is 2.25. The van der Waals surface area contributed by atoms with Crippen LogP contribution >= 0.6 is 23.4 Å². The van der Waals surface area contributed by atoms with Crippen molar-refractivity contribution in [1.82, 2.24) is 15.0 Å². The number of hydrogen-bond acceptors (Lipinski definition) is 6. The molecule has 1 aromatic carbocycles. The summed E-state index contributed by atoms with van der Waals surface area (Å²) in [6.45, 7) is 1.67. The fourth-order valence-corrected chi connectivity index (χ4v) is 3.19. The predicted molar refractivity (Wildman–Crippen MR) is 83.9 cm³/mol. The number of nitrogens with zero attached hydrogens (tertiary/aromatic N) is 3. The lowest BCUT2D eigenvalue weighted by Gasteiger charge is -2.12. The molecule has 1 N–H and O–H groups in total. The molecule has 0 radical (unpaired) electrons. The van der Waals surface area contributed by atoms with Crippen LogP contribution in [-0.4, -0.2) is 29.6 Å². The number of benzene rings is 1. The molecule has 0 saturated heterocycles. The topological polar surface area (TPSA) is 84.8 Å². The van der Waals surface area contributed by atoms with E-state index in [9.17, 15) is 17.2 Å². The summed E-state index contributed by atoms with van der Waals surface area (Å²) in [5.74, 6) is -1.60. The molecule has 1 unspecified atom stereocenters. The van der Waals surface area contributed by atoms with E-state index in [1.807, 2.05) is 0 Å². The molecule has 6 nitrogen and oxygen atoms in total. The third-order valence-corrected chi connectivity index (χ3v) is 4.27. The van der Waals surface area contributed by atoms with Crippen molar-refractivity contribution in [2.45, 2.75) is 17.3 Å². The number of hydrogen-bond donors (Lipinski definition) is 1. The van der Waals surface area contributed by atoms with Crippen LogP contribution in [0.2, 0.25) is 5.28 Å². The van der Waals surface area contributed by atoms with Gasteiger partial charge in [0.2, 0.25) is 21.3 Å². The quantitative estimate of drug-likeness (QED) is 0.802. The zero-order valence-electron chi connectivity index (χ0n) is 11.9. The van der Waals surface area contributed by atoms with Gasteiger partial charge in [-0.1, -0.05) is 17.8 Å². The van der Waals surface area contributed by atoms with Crippen LogP contribution in [0.4, 0.5) is 14.7 Å². The third-order valence-electron chi connectivity index (χ3n) is 2.55. The highest BCUT2D eigenvalue weighted by Gasteiger charge is 2.17. The number of sulfonamides is 1. The van der Waals surface area contributed by atoms with Gasteiger partial charge in [0.15, 0.2) is 5.16 Å². The van der Waals surface area contributed by atoms with Gasteiger partial charge < -0.3 is 0 Å². The van der Waals surface area contributed by atoms with Crippen molar-refractivity contribution in [2.24, 2.45) is 0 Å². The minimum absolute atomic E-state index is 0.104. The smallest absolute Gasteiger partial charge is 0.241 e. The highest BCUT2D eigenvalue weighted by Crippen LogP contribution is 2.34. The maximum Gasteiger partial charge on any atom is 0.241 e. The first-order valence-corrected chi connectivity index (χ1v) is 9.30. The lowest BCUT2D eigenvalue weighted by molar-refractivity contribution is 0.572. The molecule has 0 aliphatic carbocycles. The van der Waals surface area contributed by atoms with Crippen LogP contribution in [0.5, 0.6) is 0 Å². The Hall–Kier alpha value is -1.52. The second-order valence-corrected chi connectivity index (χ2v) is 7.91. The van der Waals surface area contributed by atoms with Gasteiger partial charge in [0.25, 0.3) is 0 Å². The molecular formula is C12H11ClF2N4O2S2. The standard InChI is InChI=1S/C12H11ClF2N4O2S2/c1-6(8-4-3-7(14)5-9(8)15)22-12-17-10(13)16-11(18-12)19-23(2,20)21/h3-6H,1-2H3,(H,16,17,18,19). The first-order valence-electron chi connectivity index (χ1n) is 6.15. The van der Waals surface area contributed by atoms with E-state index >= 15 is 0 Å². The zero-order chi connectivity index (χ0) is 17.2. The Bertz CT molecular complexity index is 836. The molecule has 0 amide bonds. The van der Waals surface area contributed by atoms with Crippen molar-refractivity contribution in [3.63, 3.8) is 0 Å². The van der Waals surface area contributed by atoms with Gasteiger partial charge in [0, 0.05) is 16.9 Å². The number of rotatable bonds is 5. The molecule has 124 valence electrons. The fraction of sp³-hybridized carbons (Fsp3) is 0.250. The van der Waals surface area contributed by atoms with E-state index in [0.29, 0.717) is 0 Å². The molecule has 0 aliphatic heterocycles. The minimum atomic E-state index is -3.58. The van der Waals surface area contributed by atoms with E-state index in [2.05, 4.69) is 19.7 Å². The molecule has 1 atom stereocenters. The highest BCUT2D eigenvalue weighted by atomic mass is 35.5. The van der Waals surface area contributed by atoms with Gasteiger partial charge in [-0.2, -0.15) is 15.0 Å². The van der Waals surface area contributed by atoms with E-state index in [0.717, 1.165) is 30.2 Å². The number of halogens is 3. The molecule has 0 saturated carbocycles. The summed E-state index contributed by atoms with van der Waals surface area (Å²) >= 11 is 6.75. The summed E-state index contributed by atoms with van der Waals surface area (Å²) in [6.07, 6.45) is 0.939. The molecule has 0 aliphatic rings. The number of anilines is 1. The average molecular weight is 381 g/mol. The van der Waals surface area contributed by atoms with Crippen LogP contribution in [0, 0.1) is 11.6 Å². The van der Waals surface area contributed by atoms with E-state index in [1.165, 1.54) is 6.07 Å². The SMILES string of the molecule is CC(Sc1nc(Cl)nc(NS(C)(=O)=O)n1)c1ccc(F)cc1F. The Morgan fingerprint density at radius 3 is 2.57 bits per heavy atom. The molecule has 1 heterocycles. The van der Waals surface area contributed by atoms with Crippen molar-refractivity contribution in [1.29, 1.82) is 0 Å². The first kappa shape index (κ1) is 17.8. The van der Waals surface area contributed by atoms with Crippen molar-refractivity contribution in [3.8, 4) is 0 Å². The lowest BCUT2D eigenvalue weighted by atomic mass is 10.1. The maximum absolute atomic E-state index is 13.8. The molecule has 0 bridgehead atoms. The van der Waals surface area contributed by atoms with E-state index in [4.69, 9.17) is 11.6 Å². The Labute approximate surface area is 140 Å². The minimum Gasteiger partial charge on any atom is -0.251 e. The van der Waals surface area contributed by atoms with Crippen molar-refractivity contribution in [3.05, 3.63) is 40.7 Å². The molecule has 11 heteroatoms. The van der Waals surface area contributed by atoms with Gasteiger partial charge in [-0.25, -0.2) is 17.2 Å². The molecular weight excluding hydrogens is 370 g/mol. The van der Waals surface area contributed by atoms with Crippen LogP contribution in [0.15, 0.2) is 23.4 Å². The number of nitrogens with one attached hydrogen (secondary N) is 1. The third kappa shape index (κ3) is 5.26. The first-order chi connectivity index (χ1) is 10.6. The van der Waals surface area contributed by atoms with Crippen LogP contribution in [0.25, 0.3) is 0 Å². The monoisotopic (exact) mass is 380 g/mol. The Kier molecular flexibility index (Phi) is 5.37. The number of aromatic nitrogens is 3. The zero-order valence-corrected chi connectivity index (χ0v) is 14.3. The largest absolute Gasteiger partial charge is 0.251 e. The van der Waals surface area contributed by atoms with E-state index in [1.54, 1.807) is 6.92 Å². The van der Waals surface area contributed by atoms with Crippen molar-refractivity contribution >= 4 is 39.3 Å². The summed E-state index contributed by atoms with van der Waals surface area (Å²) in [4.78, 5) is 11.4. The van der Waals surface area contributed by atoms with Crippen LogP contribution in [0.1, 0.15) is 17.7 Å². The Morgan fingerprint density at radius 1 is 1.26 bits per heavy atom. The molecule has 0 fully saturated rings. The fourth-order valence-electron chi connectivity index (χ4n) is 1.65. The predicted octanol–water partition coefficient (Wildman–Crippen LogP) is 3.03. The van der Waals surface area contributed by atoms with E-state index < -0.39 is 26.9 Å². The van der Waals surface area contributed by atoms with E-state index in [-0.39, 0.29) is 22.0 Å². The normalized spacial score (nSPS) is 12.9. The molecule has 23 heavy (non-hydrogen) atoms. The Morgan fingerprint density at radius 2 is 1.96 bits per heavy atom. The summed E-state index contributed by atoms with van der Waals surface area (Å²) in [5.41, 5.74) is 0.255. The van der Waals surface area contributed by atoms with Gasteiger partial charge in [-0.15, -0.1) is 0 Å². The average Bonchev–Trinajstić information content (AvgIpc) is 2.35. The molecule has 2 rings (SSSR count). The molecule has 2 aromatic rings. The van der Waals surface area contributed by atoms with Crippen LogP contribution < -0.4 is 4.72 Å². The maximum atomic E-state index is 13.8. The summed E-state index contributed by atoms with van der Waals surface area (Å²) < 4.78 is 51.2. The second-order valence-electron chi connectivity index (χ2n) is 4.51. The van der Waals surface area contributed by atoms with Crippen molar-refractivity contribution in [2.75, 3.05) is 11.0 Å². The summed E-state index contributed by atoms with van der Waals surface area (Å²) in [6, 6.07) is 3.25. The van der Waals surface area contributed by atoms with Gasteiger partial charge in [0.05, 0.1) is 6.26 Å². The molecule has 1 aromatic heterocycles. The number of thioether (sulfide) groups is 1. The van der Waals surface area contributed by atoms with Gasteiger partial charge in [-0.3, -0.25) is 4.72 Å². The highest BCUT2D eigenvalue weighted by molar-refractivity contribution is 7.99. The van der Waals surface area contributed by atoms with Gasteiger partial charge >= 0.3 is 0 Å². The molecule has 0 spiro atoms. The van der Waals surface area contributed by atoms with Crippen molar-refractivity contribution < 1.29 is 17.2 Å².